The number of imidazole rings is 1. The molecule has 12 nitrogen and oxygen atoms in total. The Bertz CT molecular complexity index is 1820. The number of halogens is 1. The van der Waals surface area contributed by atoms with Gasteiger partial charge in [-0.1, -0.05) is 18.2 Å². The van der Waals surface area contributed by atoms with Crippen molar-refractivity contribution in [1.29, 1.82) is 0 Å². The molecule has 2 aliphatic heterocycles. The van der Waals surface area contributed by atoms with Gasteiger partial charge in [0.15, 0.2) is 11.2 Å². The average Bonchev–Trinajstić information content (AvgIpc) is 3.52. The fourth-order valence-corrected chi connectivity index (χ4v) is 5.75. The van der Waals surface area contributed by atoms with Gasteiger partial charge in [0.2, 0.25) is 11.9 Å². The number of imide groups is 1. The molecule has 2 aromatic carbocycles. The second-order valence-electron chi connectivity index (χ2n) is 10.5. The molecule has 4 heterocycles. The molecule has 0 aliphatic carbocycles. The summed E-state index contributed by atoms with van der Waals surface area (Å²) < 4.78 is 23.0. The Balaban J connectivity index is 1.28. The Kier molecular flexibility index (Phi) is 6.89. The summed E-state index contributed by atoms with van der Waals surface area (Å²) in [6, 6.07) is 12.3. The van der Waals surface area contributed by atoms with Crippen molar-refractivity contribution in [2.45, 2.75) is 19.0 Å². The molecule has 0 bridgehead atoms. The van der Waals surface area contributed by atoms with E-state index in [0.29, 0.717) is 43.6 Å². The number of anilines is 2. The van der Waals surface area contributed by atoms with Gasteiger partial charge in [0, 0.05) is 46.3 Å². The van der Waals surface area contributed by atoms with Crippen LogP contribution in [0.3, 0.4) is 0 Å². The highest BCUT2D eigenvalue weighted by Crippen LogP contribution is 2.30. The van der Waals surface area contributed by atoms with Crippen LogP contribution in [-0.4, -0.2) is 74.7 Å². The van der Waals surface area contributed by atoms with Crippen molar-refractivity contribution in [2.75, 3.05) is 43.1 Å². The summed E-state index contributed by atoms with van der Waals surface area (Å²) in [4.78, 5) is 62.2. The van der Waals surface area contributed by atoms with Crippen LogP contribution >= 0.6 is 0 Å². The van der Waals surface area contributed by atoms with Crippen LogP contribution < -0.4 is 25.8 Å². The third-order valence-electron chi connectivity index (χ3n) is 8.05. The van der Waals surface area contributed by atoms with Crippen molar-refractivity contribution < 1.29 is 18.7 Å². The van der Waals surface area contributed by atoms with Gasteiger partial charge in [-0.05, 0) is 29.8 Å². The summed E-state index contributed by atoms with van der Waals surface area (Å²) in [5, 5.41) is 0. The second kappa shape index (κ2) is 10.6. The molecule has 2 saturated heterocycles. The number of aryl methyl sites for hydroxylation is 1. The van der Waals surface area contributed by atoms with Gasteiger partial charge in [0.1, 0.15) is 11.6 Å². The first-order valence-electron chi connectivity index (χ1n) is 13.6. The standard InChI is InChI=1S/C29H30FN7O5/c1-32-25-24(27(40)33(2)29(32)41)36(17-18-7-9-19(30)10-8-18)28(31-25)35-13-11-34(12-14-35)22-16-23(38)37(26(22)39)20-5-4-6-21(15-20)42-3/h4-10,15,22H,11-14,16-17H2,1-3H3. The molecule has 0 spiro atoms. The van der Waals surface area contributed by atoms with Gasteiger partial charge in [-0.3, -0.25) is 33.0 Å². The zero-order valence-electron chi connectivity index (χ0n) is 23.5. The number of amides is 2. The fraction of sp³-hybridized carbons (Fsp3) is 0.345. The van der Waals surface area contributed by atoms with Crippen molar-refractivity contribution in [2.24, 2.45) is 14.1 Å². The van der Waals surface area contributed by atoms with E-state index in [0.717, 1.165) is 10.1 Å². The molecule has 6 rings (SSSR count). The van der Waals surface area contributed by atoms with E-state index in [1.165, 1.54) is 35.8 Å². The molecule has 218 valence electrons. The molecular formula is C29H30FN7O5. The van der Waals surface area contributed by atoms with E-state index in [1.807, 2.05) is 9.80 Å². The lowest BCUT2D eigenvalue weighted by molar-refractivity contribution is -0.123. The first kappa shape index (κ1) is 27.4. The van der Waals surface area contributed by atoms with Crippen molar-refractivity contribution in [3.63, 3.8) is 0 Å². The number of carbonyl (C=O) groups excluding carboxylic acids is 2. The minimum Gasteiger partial charge on any atom is -0.497 e. The maximum Gasteiger partial charge on any atom is 0.332 e. The number of ether oxygens (including phenoxy) is 1. The summed E-state index contributed by atoms with van der Waals surface area (Å²) in [6.07, 6.45) is 0.0806. The van der Waals surface area contributed by atoms with E-state index in [4.69, 9.17) is 9.72 Å². The number of aromatic nitrogens is 4. The van der Waals surface area contributed by atoms with E-state index in [1.54, 1.807) is 48.0 Å². The van der Waals surface area contributed by atoms with Crippen LogP contribution in [0.2, 0.25) is 0 Å². The number of fused-ring (bicyclic) bond motifs is 1. The minimum absolute atomic E-state index is 0.0806. The number of rotatable bonds is 6. The number of benzene rings is 2. The van der Waals surface area contributed by atoms with Crippen molar-refractivity contribution in [3.05, 3.63) is 80.7 Å². The first-order valence-corrected chi connectivity index (χ1v) is 13.6. The van der Waals surface area contributed by atoms with Crippen molar-refractivity contribution >= 4 is 34.6 Å². The Morgan fingerprint density at radius 1 is 0.952 bits per heavy atom. The zero-order chi connectivity index (χ0) is 29.7. The third-order valence-corrected chi connectivity index (χ3v) is 8.05. The molecule has 1 atom stereocenters. The van der Waals surface area contributed by atoms with E-state index in [-0.39, 0.29) is 41.8 Å². The Hall–Kier alpha value is -4.78. The number of methoxy groups -OCH3 is 1. The average molecular weight is 576 g/mol. The van der Waals surface area contributed by atoms with Crippen molar-refractivity contribution in [3.8, 4) is 5.75 Å². The highest BCUT2D eigenvalue weighted by atomic mass is 19.1. The van der Waals surface area contributed by atoms with Gasteiger partial charge in [-0.15, -0.1) is 0 Å². The lowest BCUT2D eigenvalue weighted by Crippen LogP contribution is -2.53. The smallest absolute Gasteiger partial charge is 0.332 e. The molecule has 0 saturated carbocycles. The summed E-state index contributed by atoms with van der Waals surface area (Å²) >= 11 is 0. The van der Waals surface area contributed by atoms with Crippen LogP contribution in [0.25, 0.3) is 11.2 Å². The molecule has 1 unspecified atom stereocenters. The van der Waals surface area contributed by atoms with Crippen LogP contribution in [-0.2, 0) is 30.2 Å². The molecular weight excluding hydrogens is 545 g/mol. The van der Waals surface area contributed by atoms with E-state index < -0.39 is 17.3 Å². The normalized spacial score (nSPS) is 18.0. The Labute approximate surface area is 239 Å². The largest absolute Gasteiger partial charge is 0.497 e. The molecule has 2 aliphatic rings. The van der Waals surface area contributed by atoms with Crippen LogP contribution in [0.1, 0.15) is 12.0 Å². The number of piperazine rings is 1. The van der Waals surface area contributed by atoms with Crippen LogP contribution in [0.4, 0.5) is 16.0 Å². The van der Waals surface area contributed by atoms with E-state index >= 15 is 0 Å². The van der Waals surface area contributed by atoms with Crippen molar-refractivity contribution in [1.82, 2.24) is 23.6 Å². The maximum absolute atomic E-state index is 13.6. The summed E-state index contributed by atoms with van der Waals surface area (Å²) in [7, 11) is 4.52. The van der Waals surface area contributed by atoms with E-state index in [9.17, 15) is 23.6 Å². The van der Waals surface area contributed by atoms with Crippen LogP contribution in [0.15, 0.2) is 58.1 Å². The van der Waals surface area contributed by atoms with Gasteiger partial charge in [0.05, 0.1) is 31.8 Å². The molecule has 2 amide bonds. The Morgan fingerprint density at radius 2 is 1.67 bits per heavy atom. The Morgan fingerprint density at radius 3 is 2.36 bits per heavy atom. The predicted molar refractivity (Wildman–Crippen MR) is 153 cm³/mol. The van der Waals surface area contributed by atoms with Gasteiger partial charge in [-0.25, -0.2) is 14.1 Å². The molecule has 0 radical (unpaired) electrons. The summed E-state index contributed by atoms with van der Waals surface area (Å²) in [5.41, 5.74) is 0.812. The summed E-state index contributed by atoms with van der Waals surface area (Å²) in [5.74, 6) is 0.149. The molecule has 2 aromatic heterocycles. The third kappa shape index (κ3) is 4.55. The predicted octanol–water partition coefficient (Wildman–Crippen LogP) is 1.08. The molecule has 0 N–H and O–H groups in total. The minimum atomic E-state index is -0.586. The topological polar surface area (TPSA) is 115 Å². The number of nitrogens with zero attached hydrogens (tertiary/aromatic N) is 7. The van der Waals surface area contributed by atoms with Crippen LogP contribution in [0.5, 0.6) is 5.75 Å². The molecule has 13 heteroatoms. The van der Waals surface area contributed by atoms with Gasteiger partial charge < -0.3 is 9.64 Å². The number of hydrogen-bond acceptors (Lipinski definition) is 8. The first-order chi connectivity index (χ1) is 20.2. The van der Waals surface area contributed by atoms with E-state index in [2.05, 4.69) is 0 Å². The van der Waals surface area contributed by atoms with Gasteiger partial charge in [-0.2, -0.15) is 4.98 Å². The SMILES string of the molecule is COc1cccc(N2C(=O)CC(N3CCN(c4nc5c(c(=O)n(C)c(=O)n5C)n4Cc4ccc(F)cc4)CC3)C2=O)c1. The quantitative estimate of drug-likeness (QED) is 0.314. The van der Waals surface area contributed by atoms with Gasteiger partial charge >= 0.3 is 5.69 Å². The van der Waals surface area contributed by atoms with Crippen LogP contribution in [0, 0.1) is 5.82 Å². The molecule has 4 aromatic rings. The molecule has 2 fully saturated rings. The summed E-state index contributed by atoms with van der Waals surface area (Å²) in [6.45, 7) is 2.14. The lowest BCUT2D eigenvalue weighted by Gasteiger charge is -2.37. The lowest BCUT2D eigenvalue weighted by atomic mass is 10.1. The monoisotopic (exact) mass is 575 g/mol. The molecule has 42 heavy (non-hydrogen) atoms. The maximum atomic E-state index is 13.6. The highest BCUT2D eigenvalue weighted by molar-refractivity contribution is 6.22. The highest BCUT2D eigenvalue weighted by Gasteiger charge is 2.43. The number of hydrogen-bond donors (Lipinski definition) is 0. The second-order valence-corrected chi connectivity index (χ2v) is 10.5. The number of carbonyl (C=O) groups is 2. The fourth-order valence-electron chi connectivity index (χ4n) is 5.75. The van der Waals surface area contributed by atoms with Gasteiger partial charge in [0.25, 0.3) is 11.5 Å². The zero-order valence-corrected chi connectivity index (χ0v) is 23.5.